The maximum absolute atomic E-state index is 12.4. The molecule has 0 saturated heterocycles. The summed E-state index contributed by atoms with van der Waals surface area (Å²) in [5.74, 6) is -0.333. The van der Waals surface area contributed by atoms with Gasteiger partial charge in [-0.2, -0.15) is 5.10 Å². The molecule has 0 bridgehead atoms. The van der Waals surface area contributed by atoms with Gasteiger partial charge in [0.2, 0.25) is 0 Å². The van der Waals surface area contributed by atoms with E-state index >= 15 is 0 Å². The fourth-order valence-electron chi connectivity index (χ4n) is 2.73. The van der Waals surface area contributed by atoms with Gasteiger partial charge in [0.1, 0.15) is 16.3 Å². The van der Waals surface area contributed by atoms with Crippen LogP contribution in [0.5, 0.6) is 0 Å². The average Bonchev–Trinajstić information content (AvgIpc) is 3.22. The minimum atomic E-state index is -0.333. The van der Waals surface area contributed by atoms with E-state index in [1.807, 2.05) is 67.6 Å². The van der Waals surface area contributed by atoms with Crippen molar-refractivity contribution in [1.82, 2.24) is 9.78 Å². The second-order valence-corrected chi connectivity index (χ2v) is 7.28. The molecular weight excluding hydrogens is 368 g/mol. The molecule has 2 aromatic heterocycles. The second kappa shape index (κ2) is 6.94. The van der Waals surface area contributed by atoms with E-state index in [1.165, 1.54) is 11.3 Å². The number of halogens is 1. The van der Waals surface area contributed by atoms with E-state index in [0.717, 1.165) is 27.2 Å². The molecule has 26 heavy (non-hydrogen) atoms. The minimum Gasteiger partial charge on any atom is -0.457 e. The Morgan fingerprint density at radius 1 is 1.15 bits per heavy atom. The fraction of sp³-hybridized carbons (Fsp3) is 0.100. The molecule has 0 unspecified atom stereocenters. The van der Waals surface area contributed by atoms with Crippen LogP contribution in [0, 0.1) is 6.92 Å². The van der Waals surface area contributed by atoms with Gasteiger partial charge in [-0.25, -0.2) is 9.48 Å². The number of benzene rings is 2. The van der Waals surface area contributed by atoms with Gasteiger partial charge in [-0.3, -0.25) is 0 Å². The molecule has 0 aliphatic carbocycles. The molecule has 0 aliphatic heterocycles. The molecule has 0 radical (unpaired) electrons. The topological polar surface area (TPSA) is 44.1 Å². The van der Waals surface area contributed by atoms with Crippen LogP contribution < -0.4 is 0 Å². The number of esters is 1. The van der Waals surface area contributed by atoms with E-state index < -0.39 is 0 Å². The zero-order chi connectivity index (χ0) is 18.1. The van der Waals surface area contributed by atoms with E-state index in [0.29, 0.717) is 9.90 Å². The van der Waals surface area contributed by atoms with Crippen LogP contribution in [0.25, 0.3) is 15.9 Å². The summed E-state index contributed by atoms with van der Waals surface area (Å²) in [5.41, 5.74) is 2.59. The van der Waals surface area contributed by atoms with Crippen molar-refractivity contribution in [1.29, 1.82) is 0 Å². The van der Waals surface area contributed by atoms with Crippen molar-refractivity contribution in [2.24, 2.45) is 0 Å². The molecule has 0 spiro atoms. The van der Waals surface area contributed by atoms with Gasteiger partial charge in [0.05, 0.1) is 16.4 Å². The number of ether oxygens (including phenoxy) is 1. The molecule has 0 aliphatic rings. The number of fused-ring (bicyclic) bond motifs is 1. The molecule has 4 rings (SSSR count). The first-order valence-corrected chi connectivity index (χ1v) is 9.28. The third kappa shape index (κ3) is 3.11. The van der Waals surface area contributed by atoms with Gasteiger partial charge in [0, 0.05) is 5.39 Å². The summed E-state index contributed by atoms with van der Waals surface area (Å²) in [6.45, 7) is 2.17. The Kier molecular flexibility index (Phi) is 4.49. The van der Waals surface area contributed by atoms with Gasteiger partial charge < -0.3 is 4.74 Å². The highest BCUT2D eigenvalue weighted by atomic mass is 35.5. The van der Waals surface area contributed by atoms with Crippen LogP contribution in [0.4, 0.5) is 0 Å². The quantitative estimate of drug-likeness (QED) is 0.443. The summed E-state index contributed by atoms with van der Waals surface area (Å²) >= 11 is 7.67. The summed E-state index contributed by atoms with van der Waals surface area (Å²) in [6.07, 6.45) is 0. The number of hydrogen-bond acceptors (Lipinski definition) is 4. The predicted octanol–water partition coefficient (Wildman–Crippen LogP) is 5.41. The number of rotatable bonds is 4. The lowest BCUT2D eigenvalue weighted by Gasteiger charge is -2.04. The van der Waals surface area contributed by atoms with Crippen LogP contribution in [-0.4, -0.2) is 15.7 Å². The molecule has 130 valence electrons. The van der Waals surface area contributed by atoms with Gasteiger partial charge in [-0.1, -0.05) is 54.1 Å². The Hall–Kier alpha value is -2.63. The first-order chi connectivity index (χ1) is 12.6. The Morgan fingerprint density at radius 2 is 1.88 bits per heavy atom. The van der Waals surface area contributed by atoms with E-state index in [2.05, 4.69) is 5.10 Å². The SMILES string of the molecule is Cc1nn(-c2ccccc2Cl)c2sc(C(=O)OCc3ccccc3)cc12. The smallest absolute Gasteiger partial charge is 0.348 e. The number of para-hydroxylation sites is 1. The molecule has 0 amide bonds. The Balaban J connectivity index is 1.65. The number of thiophene rings is 1. The highest BCUT2D eigenvalue weighted by molar-refractivity contribution is 7.20. The van der Waals surface area contributed by atoms with Crippen molar-refractivity contribution in [3.8, 4) is 5.69 Å². The number of hydrogen-bond donors (Lipinski definition) is 0. The molecule has 0 fully saturated rings. The highest BCUT2D eigenvalue weighted by Crippen LogP contribution is 2.32. The van der Waals surface area contributed by atoms with Gasteiger partial charge in [-0.05, 0) is 30.7 Å². The summed E-state index contributed by atoms with van der Waals surface area (Å²) < 4.78 is 7.22. The van der Waals surface area contributed by atoms with Gasteiger partial charge >= 0.3 is 5.97 Å². The Morgan fingerprint density at radius 3 is 2.65 bits per heavy atom. The molecule has 0 atom stereocenters. The first kappa shape index (κ1) is 16.8. The Labute approximate surface area is 159 Å². The first-order valence-electron chi connectivity index (χ1n) is 8.08. The van der Waals surface area contributed by atoms with Crippen LogP contribution in [0.1, 0.15) is 20.9 Å². The van der Waals surface area contributed by atoms with Crippen LogP contribution in [-0.2, 0) is 11.3 Å². The lowest BCUT2D eigenvalue weighted by molar-refractivity contribution is 0.0478. The zero-order valence-corrected chi connectivity index (χ0v) is 15.6. The van der Waals surface area contributed by atoms with E-state index in [4.69, 9.17) is 16.3 Å². The van der Waals surface area contributed by atoms with Gasteiger partial charge in [0.25, 0.3) is 0 Å². The van der Waals surface area contributed by atoms with E-state index in [-0.39, 0.29) is 12.6 Å². The van der Waals surface area contributed by atoms with Crippen molar-refractivity contribution in [3.63, 3.8) is 0 Å². The lowest BCUT2D eigenvalue weighted by Crippen LogP contribution is -2.03. The van der Waals surface area contributed by atoms with Crippen molar-refractivity contribution in [2.45, 2.75) is 13.5 Å². The predicted molar refractivity (Wildman–Crippen MR) is 104 cm³/mol. The monoisotopic (exact) mass is 382 g/mol. The van der Waals surface area contributed by atoms with Crippen molar-refractivity contribution < 1.29 is 9.53 Å². The maximum atomic E-state index is 12.4. The standard InChI is InChI=1S/C20H15ClN2O2S/c1-13-15-11-18(20(24)25-12-14-7-3-2-4-8-14)26-19(15)23(22-13)17-10-6-5-9-16(17)21/h2-11H,12H2,1H3. The maximum Gasteiger partial charge on any atom is 0.348 e. The fourth-order valence-corrected chi connectivity index (χ4v) is 4.01. The van der Waals surface area contributed by atoms with Crippen molar-refractivity contribution in [3.05, 3.63) is 81.8 Å². The third-order valence-corrected chi connectivity index (χ3v) is 5.45. The van der Waals surface area contributed by atoms with Gasteiger partial charge in [-0.15, -0.1) is 11.3 Å². The largest absolute Gasteiger partial charge is 0.457 e. The van der Waals surface area contributed by atoms with Gasteiger partial charge in [0.15, 0.2) is 0 Å². The molecular formula is C20H15ClN2O2S. The number of carbonyl (C=O) groups is 1. The number of carbonyl (C=O) groups excluding carboxylic acids is 1. The van der Waals surface area contributed by atoms with Crippen LogP contribution >= 0.6 is 22.9 Å². The van der Waals surface area contributed by atoms with E-state index in [1.54, 1.807) is 4.68 Å². The number of aryl methyl sites for hydroxylation is 1. The summed E-state index contributed by atoms with van der Waals surface area (Å²) in [5, 5.41) is 6.11. The normalized spacial score (nSPS) is 11.0. The Bertz CT molecular complexity index is 1090. The third-order valence-electron chi connectivity index (χ3n) is 4.04. The molecule has 4 nitrogen and oxygen atoms in total. The van der Waals surface area contributed by atoms with Crippen molar-refractivity contribution >= 4 is 39.1 Å². The number of nitrogens with zero attached hydrogens (tertiary/aromatic N) is 2. The number of aromatic nitrogens is 2. The van der Waals surface area contributed by atoms with Crippen LogP contribution in [0.15, 0.2) is 60.7 Å². The molecule has 6 heteroatoms. The summed E-state index contributed by atoms with van der Waals surface area (Å²) in [7, 11) is 0. The zero-order valence-electron chi connectivity index (χ0n) is 14.0. The second-order valence-electron chi connectivity index (χ2n) is 5.84. The molecule has 2 heterocycles. The molecule has 4 aromatic rings. The molecule has 0 N–H and O–H groups in total. The molecule has 0 saturated carbocycles. The summed E-state index contributed by atoms with van der Waals surface area (Å²) in [4.78, 5) is 13.9. The summed E-state index contributed by atoms with van der Waals surface area (Å²) in [6, 6.07) is 19.0. The van der Waals surface area contributed by atoms with E-state index in [9.17, 15) is 4.79 Å². The lowest BCUT2D eigenvalue weighted by atomic mass is 10.2. The minimum absolute atomic E-state index is 0.254. The van der Waals surface area contributed by atoms with Crippen LogP contribution in [0.2, 0.25) is 5.02 Å². The average molecular weight is 383 g/mol. The highest BCUT2D eigenvalue weighted by Gasteiger charge is 2.19. The van der Waals surface area contributed by atoms with Crippen LogP contribution in [0.3, 0.4) is 0 Å². The van der Waals surface area contributed by atoms with Crippen molar-refractivity contribution in [2.75, 3.05) is 0 Å². The molecule has 2 aromatic carbocycles.